The summed E-state index contributed by atoms with van der Waals surface area (Å²) in [7, 11) is 1.63. The lowest BCUT2D eigenvalue weighted by atomic mass is 9.91. The molecule has 3 N–H and O–H groups in total. The third-order valence-electron chi connectivity index (χ3n) is 7.50. The number of hydrogen-bond acceptors (Lipinski definition) is 8. The smallest absolute Gasteiger partial charge is 0.269 e. The minimum atomic E-state index is -0.620. The van der Waals surface area contributed by atoms with Gasteiger partial charge in [-0.1, -0.05) is 12.1 Å². The lowest BCUT2D eigenvalue weighted by molar-refractivity contribution is -0.384. The Morgan fingerprint density at radius 1 is 1.21 bits per heavy atom. The zero-order valence-electron chi connectivity index (χ0n) is 21.7. The summed E-state index contributed by atoms with van der Waals surface area (Å²) in [6, 6.07) is 9.39. The Hall–Kier alpha value is -3.41. The maximum atomic E-state index is 13.5. The second-order valence-corrected chi connectivity index (χ2v) is 10.1. The molecule has 1 saturated heterocycles. The number of aromatic nitrogens is 1. The number of nitrogens with two attached hydrogens (primary N) is 1. The average molecular weight is 525 g/mol. The molecule has 2 amide bonds. The van der Waals surface area contributed by atoms with E-state index in [0.29, 0.717) is 38.2 Å². The Labute approximate surface area is 222 Å². The Kier molecular flexibility index (Phi) is 9.38. The van der Waals surface area contributed by atoms with Crippen molar-refractivity contribution in [2.24, 2.45) is 5.73 Å². The molecule has 4 rings (SSSR count). The molecule has 2 fully saturated rings. The largest absolute Gasteiger partial charge is 0.383 e. The monoisotopic (exact) mass is 524 g/mol. The highest BCUT2D eigenvalue weighted by Gasteiger charge is 2.42. The minimum Gasteiger partial charge on any atom is -0.383 e. The quantitative estimate of drug-likeness (QED) is 0.355. The van der Waals surface area contributed by atoms with E-state index in [4.69, 9.17) is 10.5 Å². The molecule has 0 radical (unpaired) electrons. The molecule has 11 nitrogen and oxygen atoms in total. The van der Waals surface area contributed by atoms with Gasteiger partial charge in [-0.15, -0.1) is 0 Å². The number of ether oxygens (including phenoxy) is 1. The van der Waals surface area contributed by atoms with E-state index in [1.165, 1.54) is 18.3 Å². The van der Waals surface area contributed by atoms with Gasteiger partial charge >= 0.3 is 0 Å². The molecule has 1 aliphatic carbocycles. The predicted octanol–water partition coefficient (Wildman–Crippen LogP) is 2.11. The fourth-order valence-electron chi connectivity index (χ4n) is 5.32. The molecular weight excluding hydrogens is 488 g/mol. The van der Waals surface area contributed by atoms with Gasteiger partial charge in [0.05, 0.1) is 17.1 Å². The van der Waals surface area contributed by atoms with Gasteiger partial charge in [0, 0.05) is 69.4 Å². The van der Waals surface area contributed by atoms with Crippen molar-refractivity contribution in [3.8, 4) is 0 Å². The highest BCUT2D eigenvalue weighted by molar-refractivity contribution is 5.97. The maximum Gasteiger partial charge on any atom is 0.269 e. The van der Waals surface area contributed by atoms with Crippen molar-refractivity contribution in [1.29, 1.82) is 0 Å². The van der Waals surface area contributed by atoms with Gasteiger partial charge in [-0.3, -0.25) is 29.6 Å². The highest BCUT2D eigenvalue weighted by atomic mass is 16.6. The van der Waals surface area contributed by atoms with E-state index >= 15 is 0 Å². The SMILES string of the molecule is COCCN(Cc1ccc([N+](=O)[O-])cc1)C1CC(C(=O)NC2CCC(N)CC2)N(C(=O)c2cccnc2)C1. The predicted molar refractivity (Wildman–Crippen MR) is 141 cm³/mol. The minimum absolute atomic E-state index is 0.0340. The van der Waals surface area contributed by atoms with Gasteiger partial charge < -0.3 is 20.7 Å². The van der Waals surface area contributed by atoms with Crippen molar-refractivity contribution >= 4 is 17.5 Å². The Bertz CT molecular complexity index is 1090. The normalized spacial score (nSPS) is 23.4. The number of hydrogen-bond donors (Lipinski definition) is 2. The van der Waals surface area contributed by atoms with Crippen LogP contribution in [0.15, 0.2) is 48.8 Å². The zero-order chi connectivity index (χ0) is 27.1. The molecule has 2 atom stereocenters. The van der Waals surface area contributed by atoms with Crippen molar-refractivity contribution in [1.82, 2.24) is 20.1 Å². The summed E-state index contributed by atoms with van der Waals surface area (Å²) in [5.41, 5.74) is 7.41. The molecule has 2 heterocycles. The lowest BCUT2D eigenvalue weighted by Gasteiger charge is -2.30. The molecule has 1 aliphatic heterocycles. The van der Waals surface area contributed by atoms with E-state index in [-0.39, 0.29) is 35.6 Å². The number of amides is 2. The van der Waals surface area contributed by atoms with Gasteiger partial charge in [-0.05, 0) is 49.8 Å². The number of carbonyl (C=O) groups excluding carboxylic acids is 2. The van der Waals surface area contributed by atoms with Crippen LogP contribution in [0.25, 0.3) is 0 Å². The van der Waals surface area contributed by atoms with Crippen molar-refractivity contribution in [2.45, 2.75) is 62.8 Å². The number of rotatable bonds is 10. The van der Waals surface area contributed by atoms with E-state index in [1.54, 1.807) is 42.5 Å². The number of methoxy groups -OCH3 is 1. The van der Waals surface area contributed by atoms with Gasteiger partial charge in [-0.2, -0.15) is 0 Å². The first-order valence-electron chi connectivity index (χ1n) is 13.1. The van der Waals surface area contributed by atoms with Crippen LogP contribution < -0.4 is 11.1 Å². The van der Waals surface area contributed by atoms with Crippen LogP contribution in [-0.2, 0) is 16.1 Å². The number of non-ortho nitro benzene ring substituents is 1. The van der Waals surface area contributed by atoms with Gasteiger partial charge in [0.25, 0.3) is 11.6 Å². The van der Waals surface area contributed by atoms with E-state index in [1.807, 2.05) is 0 Å². The van der Waals surface area contributed by atoms with Gasteiger partial charge in [-0.25, -0.2) is 0 Å². The number of nitrogens with zero attached hydrogens (tertiary/aromatic N) is 4. The van der Waals surface area contributed by atoms with Crippen molar-refractivity contribution in [3.63, 3.8) is 0 Å². The molecular formula is C27H36N6O5. The Balaban J connectivity index is 1.53. The summed E-state index contributed by atoms with van der Waals surface area (Å²) in [6.07, 6.45) is 7.01. The van der Waals surface area contributed by atoms with Crippen LogP contribution >= 0.6 is 0 Å². The van der Waals surface area contributed by atoms with Crippen LogP contribution in [0, 0.1) is 10.1 Å². The molecule has 1 aromatic heterocycles. The molecule has 11 heteroatoms. The molecule has 204 valence electrons. The van der Waals surface area contributed by atoms with Crippen LogP contribution in [0.5, 0.6) is 0 Å². The molecule has 2 aromatic rings. The molecule has 2 aliphatic rings. The second-order valence-electron chi connectivity index (χ2n) is 10.1. The topological polar surface area (TPSA) is 144 Å². The van der Waals surface area contributed by atoms with Gasteiger partial charge in [0.1, 0.15) is 6.04 Å². The Morgan fingerprint density at radius 3 is 2.58 bits per heavy atom. The van der Waals surface area contributed by atoms with E-state index in [2.05, 4.69) is 15.2 Å². The standard InChI is InChI=1S/C27H36N6O5/c1-38-14-13-31(17-19-4-10-23(11-5-19)33(36)37)24-15-25(26(34)30-22-8-6-21(28)7-9-22)32(18-24)27(35)20-3-2-12-29-16-20/h2-5,10-12,16,21-22,24-25H,6-9,13-15,17-18,28H2,1H3,(H,30,34). The van der Waals surface area contributed by atoms with Crippen LogP contribution in [0.2, 0.25) is 0 Å². The third kappa shape index (κ3) is 6.91. The fourth-order valence-corrected chi connectivity index (χ4v) is 5.32. The van der Waals surface area contributed by atoms with Gasteiger partial charge in [0.2, 0.25) is 5.91 Å². The number of likely N-dealkylation sites (tertiary alicyclic amines) is 1. The first-order valence-corrected chi connectivity index (χ1v) is 13.1. The first kappa shape index (κ1) is 27.6. The molecule has 0 bridgehead atoms. The van der Waals surface area contributed by atoms with Crippen LogP contribution in [0.4, 0.5) is 5.69 Å². The number of pyridine rings is 1. The molecule has 1 saturated carbocycles. The molecule has 38 heavy (non-hydrogen) atoms. The van der Waals surface area contributed by atoms with Crippen LogP contribution in [0.1, 0.15) is 48.0 Å². The first-order chi connectivity index (χ1) is 18.4. The fraction of sp³-hybridized carbons (Fsp3) is 0.519. The summed E-state index contributed by atoms with van der Waals surface area (Å²) in [6.45, 7) is 1.94. The summed E-state index contributed by atoms with van der Waals surface area (Å²) >= 11 is 0. The summed E-state index contributed by atoms with van der Waals surface area (Å²) in [5, 5.41) is 14.2. The third-order valence-corrected chi connectivity index (χ3v) is 7.50. The number of nitro benzene ring substituents is 1. The van der Waals surface area contributed by atoms with Crippen LogP contribution in [0.3, 0.4) is 0 Å². The Morgan fingerprint density at radius 2 is 1.95 bits per heavy atom. The van der Waals surface area contributed by atoms with Crippen LogP contribution in [-0.4, -0.2) is 82.5 Å². The van der Waals surface area contributed by atoms with Crippen molar-refractivity contribution in [2.75, 3.05) is 26.8 Å². The zero-order valence-corrected chi connectivity index (χ0v) is 21.7. The number of nitrogens with one attached hydrogen (secondary N) is 1. The summed E-state index contributed by atoms with van der Waals surface area (Å²) < 4.78 is 5.34. The van der Waals surface area contributed by atoms with E-state index in [0.717, 1.165) is 31.2 Å². The lowest BCUT2D eigenvalue weighted by Crippen LogP contribution is -2.50. The van der Waals surface area contributed by atoms with E-state index in [9.17, 15) is 19.7 Å². The second kappa shape index (κ2) is 12.9. The molecule has 2 unspecified atom stereocenters. The molecule has 1 aromatic carbocycles. The average Bonchev–Trinajstić information content (AvgIpc) is 3.38. The van der Waals surface area contributed by atoms with E-state index < -0.39 is 11.0 Å². The highest BCUT2D eigenvalue weighted by Crippen LogP contribution is 2.27. The number of carbonyl (C=O) groups is 2. The summed E-state index contributed by atoms with van der Waals surface area (Å²) in [4.78, 5) is 45.6. The number of benzene rings is 1. The van der Waals surface area contributed by atoms with Gasteiger partial charge in [0.15, 0.2) is 0 Å². The van der Waals surface area contributed by atoms with Crippen molar-refractivity contribution in [3.05, 3.63) is 70.0 Å². The summed E-state index contributed by atoms with van der Waals surface area (Å²) in [5.74, 6) is -0.374. The molecule has 0 spiro atoms. The maximum absolute atomic E-state index is 13.5. The number of nitro groups is 1. The van der Waals surface area contributed by atoms with Crippen molar-refractivity contribution < 1.29 is 19.2 Å².